The number of nitrogens with one attached hydrogen (secondary N) is 1. The summed E-state index contributed by atoms with van der Waals surface area (Å²) in [6.07, 6.45) is -0.963. The molecule has 4 heteroatoms. The maximum Gasteiger partial charge on any atom is 0.192 e. The normalized spacial score (nSPS) is 12.4. The summed E-state index contributed by atoms with van der Waals surface area (Å²) < 4.78 is 0. The molecule has 0 aliphatic heterocycles. The molecule has 0 spiro atoms. The van der Waals surface area contributed by atoms with Crippen molar-refractivity contribution in [1.82, 2.24) is 5.32 Å². The summed E-state index contributed by atoms with van der Waals surface area (Å²) in [5, 5.41) is 12.3. The third-order valence-electron chi connectivity index (χ3n) is 2.15. The number of likely N-dealkylation sites (N-methyl/N-ethyl adjacent to an activating group) is 1. The number of Topliss-reactive ketones (excluding diaryl/α,β-unsaturated/α-hetero) is 1. The number of hydrogen-bond donors (Lipinski definition) is 2. The van der Waals surface area contributed by atoms with Crippen LogP contribution in [-0.2, 0) is 0 Å². The van der Waals surface area contributed by atoms with Crippen LogP contribution in [0, 0.1) is 0 Å². The fraction of sp³-hybridized carbons (Fsp3) is 0.417. The van der Waals surface area contributed by atoms with Gasteiger partial charge in [0, 0.05) is 17.0 Å². The highest BCUT2D eigenvalue weighted by molar-refractivity contribution is 7.99. The largest absolute Gasteiger partial charge is 0.384 e. The predicted molar refractivity (Wildman–Crippen MR) is 67.1 cm³/mol. The van der Waals surface area contributed by atoms with Gasteiger partial charge in [-0.25, -0.2) is 0 Å². The molecule has 0 amide bonds. The standard InChI is InChI=1S/C12H17NO2S/c1-3-16-10-6-4-9(5-7-10)12(15)11(14)8-13-2/h4-7,11,13-14H,3,8H2,1-2H3. The number of aliphatic hydroxyl groups is 1. The van der Waals surface area contributed by atoms with Crippen molar-refractivity contribution in [3.05, 3.63) is 29.8 Å². The molecule has 3 nitrogen and oxygen atoms in total. The molecular weight excluding hydrogens is 222 g/mol. The highest BCUT2D eigenvalue weighted by Crippen LogP contribution is 2.18. The Morgan fingerprint density at radius 1 is 1.44 bits per heavy atom. The second-order valence-electron chi connectivity index (χ2n) is 3.40. The van der Waals surface area contributed by atoms with Crippen LogP contribution in [0.2, 0.25) is 0 Å². The quantitative estimate of drug-likeness (QED) is 0.584. The highest BCUT2D eigenvalue weighted by Gasteiger charge is 2.15. The molecule has 2 N–H and O–H groups in total. The monoisotopic (exact) mass is 239 g/mol. The molecule has 1 unspecified atom stereocenters. The molecule has 1 aromatic carbocycles. The smallest absolute Gasteiger partial charge is 0.192 e. The summed E-state index contributed by atoms with van der Waals surface area (Å²) in [6.45, 7) is 2.37. The van der Waals surface area contributed by atoms with Gasteiger partial charge in [0.1, 0.15) is 6.10 Å². The molecule has 0 saturated heterocycles. The van der Waals surface area contributed by atoms with E-state index in [2.05, 4.69) is 12.2 Å². The average molecular weight is 239 g/mol. The first-order valence-corrected chi connectivity index (χ1v) is 6.27. The van der Waals surface area contributed by atoms with Gasteiger partial charge >= 0.3 is 0 Å². The summed E-state index contributed by atoms with van der Waals surface area (Å²) in [5.41, 5.74) is 0.559. The summed E-state index contributed by atoms with van der Waals surface area (Å²) in [4.78, 5) is 12.8. The van der Waals surface area contributed by atoms with Gasteiger partial charge in [-0.3, -0.25) is 4.79 Å². The van der Waals surface area contributed by atoms with Crippen molar-refractivity contribution < 1.29 is 9.90 Å². The number of thioether (sulfide) groups is 1. The Bertz CT molecular complexity index is 337. The van der Waals surface area contributed by atoms with Crippen molar-refractivity contribution in [2.75, 3.05) is 19.3 Å². The van der Waals surface area contributed by atoms with Crippen LogP contribution in [0.5, 0.6) is 0 Å². The third kappa shape index (κ3) is 3.63. The molecule has 0 heterocycles. The van der Waals surface area contributed by atoms with Crippen LogP contribution in [0.15, 0.2) is 29.2 Å². The fourth-order valence-electron chi connectivity index (χ4n) is 1.36. The molecular formula is C12H17NO2S. The van der Waals surface area contributed by atoms with Crippen molar-refractivity contribution in [3.8, 4) is 0 Å². The zero-order chi connectivity index (χ0) is 12.0. The lowest BCUT2D eigenvalue weighted by atomic mass is 10.1. The fourth-order valence-corrected chi connectivity index (χ4v) is 2.02. The first kappa shape index (κ1) is 13.2. The van der Waals surface area contributed by atoms with Crippen molar-refractivity contribution in [3.63, 3.8) is 0 Å². The zero-order valence-corrected chi connectivity index (χ0v) is 10.4. The van der Waals surface area contributed by atoms with Gasteiger partial charge in [-0.2, -0.15) is 0 Å². The lowest BCUT2D eigenvalue weighted by Gasteiger charge is -2.09. The average Bonchev–Trinajstić information content (AvgIpc) is 2.30. The third-order valence-corrected chi connectivity index (χ3v) is 3.04. The Morgan fingerprint density at radius 3 is 2.56 bits per heavy atom. The Kier molecular flexibility index (Phi) is 5.52. The molecule has 0 saturated carbocycles. The number of carbonyl (C=O) groups excluding carboxylic acids is 1. The summed E-state index contributed by atoms with van der Waals surface area (Å²) in [6, 6.07) is 7.35. The van der Waals surface area contributed by atoms with E-state index in [4.69, 9.17) is 0 Å². The van der Waals surface area contributed by atoms with Crippen LogP contribution in [0.4, 0.5) is 0 Å². The van der Waals surface area contributed by atoms with Gasteiger partial charge in [0.2, 0.25) is 0 Å². The van der Waals surface area contributed by atoms with E-state index in [-0.39, 0.29) is 12.3 Å². The highest BCUT2D eigenvalue weighted by atomic mass is 32.2. The van der Waals surface area contributed by atoms with E-state index < -0.39 is 6.10 Å². The van der Waals surface area contributed by atoms with E-state index >= 15 is 0 Å². The first-order valence-electron chi connectivity index (χ1n) is 5.28. The van der Waals surface area contributed by atoms with E-state index in [9.17, 15) is 9.90 Å². The number of hydrogen-bond acceptors (Lipinski definition) is 4. The van der Waals surface area contributed by atoms with Gasteiger partial charge in [0.25, 0.3) is 0 Å². The second kappa shape index (κ2) is 6.68. The van der Waals surface area contributed by atoms with E-state index in [1.54, 1.807) is 30.9 Å². The molecule has 88 valence electrons. The minimum atomic E-state index is -0.963. The van der Waals surface area contributed by atoms with Crippen LogP contribution in [0.3, 0.4) is 0 Å². The van der Waals surface area contributed by atoms with Crippen LogP contribution in [0.1, 0.15) is 17.3 Å². The van der Waals surface area contributed by atoms with Crippen LogP contribution in [0.25, 0.3) is 0 Å². The Hall–Kier alpha value is -0.840. The summed E-state index contributed by atoms with van der Waals surface area (Å²) >= 11 is 1.73. The number of aliphatic hydroxyl groups excluding tert-OH is 1. The molecule has 1 atom stereocenters. The minimum Gasteiger partial charge on any atom is -0.384 e. The van der Waals surface area contributed by atoms with Gasteiger partial charge in [-0.15, -0.1) is 11.8 Å². The van der Waals surface area contributed by atoms with Crippen LogP contribution in [-0.4, -0.2) is 36.3 Å². The molecule has 1 aromatic rings. The molecule has 0 aliphatic rings. The molecule has 16 heavy (non-hydrogen) atoms. The number of carbonyl (C=O) groups is 1. The number of benzene rings is 1. The van der Waals surface area contributed by atoms with Crippen molar-refractivity contribution >= 4 is 17.5 Å². The summed E-state index contributed by atoms with van der Waals surface area (Å²) in [7, 11) is 1.71. The van der Waals surface area contributed by atoms with Gasteiger partial charge < -0.3 is 10.4 Å². The first-order chi connectivity index (χ1) is 7.69. The van der Waals surface area contributed by atoms with Crippen LogP contribution < -0.4 is 5.32 Å². The van der Waals surface area contributed by atoms with E-state index in [0.717, 1.165) is 10.6 Å². The topological polar surface area (TPSA) is 49.3 Å². The Balaban J connectivity index is 2.69. The lowest BCUT2D eigenvalue weighted by Crippen LogP contribution is -2.31. The van der Waals surface area contributed by atoms with Gasteiger partial charge in [0.15, 0.2) is 5.78 Å². The predicted octanol–water partition coefficient (Wildman–Crippen LogP) is 1.56. The maximum atomic E-state index is 11.7. The van der Waals surface area contributed by atoms with Gasteiger partial charge in [-0.05, 0) is 24.9 Å². The molecule has 0 radical (unpaired) electrons. The maximum absolute atomic E-state index is 11.7. The molecule has 0 aliphatic carbocycles. The van der Waals surface area contributed by atoms with E-state index in [1.807, 2.05) is 12.1 Å². The van der Waals surface area contributed by atoms with Crippen molar-refractivity contribution in [1.29, 1.82) is 0 Å². The minimum absolute atomic E-state index is 0.234. The van der Waals surface area contributed by atoms with E-state index in [1.165, 1.54) is 0 Å². The van der Waals surface area contributed by atoms with Crippen molar-refractivity contribution in [2.45, 2.75) is 17.9 Å². The van der Waals surface area contributed by atoms with Gasteiger partial charge in [0.05, 0.1) is 0 Å². The molecule has 1 rings (SSSR count). The molecule has 0 fully saturated rings. The second-order valence-corrected chi connectivity index (χ2v) is 4.73. The molecule has 0 aromatic heterocycles. The van der Waals surface area contributed by atoms with Gasteiger partial charge in [-0.1, -0.05) is 19.1 Å². The zero-order valence-electron chi connectivity index (χ0n) is 9.56. The lowest BCUT2D eigenvalue weighted by molar-refractivity contribution is 0.0750. The number of rotatable bonds is 6. The Morgan fingerprint density at radius 2 is 2.06 bits per heavy atom. The van der Waals surface area contributed by atoms with Crippen molar-refractivity contribution in [2.24, 2.45) is 0 Å². The SMILES string of the molecule is CCSc1ccc(C(=O)C(O)CNC)cc1. The number of ketones is 1. The summed E-state index contributed by atoms with van der Waals surface area (Å²) in [5.74, 6) is 0.776. The van der Waals surface area contributed by atoms with Crippen LogP contribution >= 0.6 is 11.8 Å². The van der Waals surface area contributed by atoms with E-state index in [0.29, 0.717) is 5.56 Å². The Labute approximate surface area is 100 Å². The molecule has 0 bridgehead atoms.